The van der Waals surface area contributed by atoms with E-state index in [0.717, 1.165) is 37.6 Å². The van der Waals surface area contributed by atoms with E-state index in [-0.39, 0.29) is 0 Å². The third-order valence-electron chi connectivity index (χ3n) is 3.84. The molecule has 1 aromatic rings. The molecule has 1 saturated heterocycles. The van der Waals surface area contributed by atoms with Crippen molar-refractivity contribution in [1.82, 2.24) is 9.88 Å². The Kier molecular flexibility index (Phi) is 4.71. The van der Waals surface area contributed by atoms with E-state index in [1.54, 1.807) is 0 Å². The molecule has 0 radical (unpaired) electrons. The summed E-state index contributed by atoms with van der Waals surface area (Å²) in [6, 6.07) is 4.45. The average Bonchev–Trinajstić information content (AvgIpc) is 2.89. The van der Waals surface area contributed by atoms with Crippen LogP contribution in [0.4, 0.5) is 5.82 Å². The van der Waals surface area contributed by atoms with Gasteiger partial charge in [-0.1, -0.05) is 26.1 Å². The molecule has 2 heterocycles. The van der Waals surface area contributed by atoms with Crippen molar-refractivity contribution in [3.63, 3.8) is 0 Å². The minimum absolute atomic E-state index is 0.425. The number of hydrogen-bond donors (Lipinski definition) is 1. The van der Waals surface area contributed by atoms with Crippen LogP contribution >= 0.6 is 12.2 Å². The molecule has 0 saturated carbocycles. The summed E-state index contributed by atoms with van der Waals surface area (Å²) in [6.45, 7) is 8.65. The Morgan fingerprint density at radius 1 is 1.53 bits per heavy atom. The lowest BCUT2D eigenvalue weighted by Crippen LogP contribution is -2.37. The van der Waals surface area contributed by atoms with Crippen molar-refractivity contribution in [1.29, 1.82) is 0 Å². The molecule has 1 atom stereocenters. The van der Waals surface area contributed by atoms with Crippen LogP contribution in [0.1, 0.15) is 25.8 Å². The normalized spacial score (nSPS) is 19.1. The minimum atomic E-state index is 0.425. The largest absolute Gasteiger partial charge is 0.389 e. The molecule has 2 rings (SSSR count). The number of thiocarbonyl (C=S) groups is 1. The van der Waals surface area contributed by atoms with Crippen molar-refractivity contribution in [3.05, 3.63) is 23.9 Å². The molecule has 0 amide bonds. The number of likely N-dealkylation sites (N-methyl/N-ethyl adjacent to an activating group) is 1. The smallest absolute Gasteiger partial charge is 0.138 e. The Balaban J connectivity index is 2.15. The van der Waals surface area contributed by atoms with Crippen molar-refractivity contribution in [2.45, 2.75) is 26.3 Å². The zero-order chi connectivity index (χ0) is 13.8. The van der Waals surface area contributed by atoms with Crippen molar-refractivity contribution in [2.75, 3.05) is 31.1 Å². The van der Waals surface area contributed by atoms with E-state index in [2.05, 4.69) is 28.6 Å². The molecule has 5 heteroatoms. The molecule has 1 aliphatic heterocycles. The summed E-state index contributed by atoms with van der Waals surface area (Å²) >= 11 is 5.11. The van der Waals surface area contributed by atoms with Crippen LogP contribution < -0.4 is 10.6 Å². The maximum absolute atomic E-state index is 5.78. The summed E-state index contributed by atoms with van der Waals surface area (Å²) in [7, 11) is 0. The van der Waals surface area contributed by atoms with Crippen LogP contribution in [0.15, 0.2) is 18.3 Å². The maximum Gasteiger partial charge on any atom is 0.138 e. The van der Waals surface area contributed by atoms with Crippen LogP contribution in [-0.2, 0) is 0 Å². The minimum Gasteiger partial charge on any atom is -0.389 e. The third kappa shape index (κ3) is 3.04. The van der Waals surface area contributed by atoms with Crippen molar-refractivity contribution in [3.8, 4) is 0 Å². The molecular formula is C14H22N4S. The van der Waals surface area contributed by atoms with Crippen molar-refractivity contribution >= 4 is 23.0 Å². The van der Waals surface area contributed by atoms with Gasteiger partial charge in [0.1, 0.15) is 10.8 Å². The summed E-state index contributed by atoms with van der Waals surface area (Å²) < 4.78 is 0. The molecule has 4 nitrogen and oxygen atoms in total. The zero-order valence-corrected chi connectivity index (χ0v) is 12.5. The highest BCUT2D eigenvalue weighted by atomic mass is 32.1. The Labute approximate surface area is 120 Å². The molecule has 0 spiro atoms. The molecule has 0 aliphatic carbocycles. The SMILES string of the molecule is CCN(CC)C1CCN(c2ncccc2C(N)=S)C1. The van der Waals surface area contributed by atoms with Gasteiger partial charge in [-0.15, -0.1) is 0 Å². The monoisotopic (exact) mass is 278 g/mol. The van der Waals surface area contributed by atoms with Crippen LogP contribution in [0.25, 0.3) is 0 Å². The van der Waals surface area contributed by atoms with Gasteiger partial charge in [0.15, 0.2) is 0 Å². The van der Waals surface area contributed by atoms with Crippen molar-refractivity contribution < 1.29 is 0 Å². The van der Waals surface area contributed by atoms with Gasteiger partial charge in [0, 0.05) is 25.3 Å². The number of pyridine rings is 1. The van der Waals surface area contributed by atoms with Gasteiger partial charge in [-0.05, 0) is 31.6 Å². The highest BCUT2D eigenvalue weighted by molar-refractivity contribution is 7.80. The number of rotatable bonds is 5. The van der Waals surface area contributed by atoms with Gasteiger partial charge in [0.25, 0.3) is 0 Å². The quantitative estimate of drug-likeness (QED) is 0.830. The second-order valence-corrected chi connectivity index (χ2v) is 5.29. The Bertz CT molecular complexity index is 445. The first kappa shape index (κ1) is 14.2. The summed E-state index contributed by atoms with van der Waals surface area (Å²) in [4.78, 5) is 9.70. The lowest BCUT2D eigenvalue weighted by molar-refractivity contribution is 0.232. The number of aromatic nitrogens is 1. The molecule has 1 aromatic heterocycles. The second kappa shape index (κ2) is 6.30. The summed E-state index contributed by atoms with van der Waals surface area (Å²) in [5.74, 6) is 0.935. The molecule has 1 aliphatic rings. The van der Waals surface area contributed by atoms with Gasteiger partial charge in [-0.2, -0.15) is 0 Å². The summed E-state index contributed by atoms with van der Waals surface area (Å²) in [5, 5.41) is 0. The number of anilines is 1. The predicted molar refractivity (Wildman–Crippen MR) is 83.7 cm³/mol. The van der Waals surface area contributed by atoms with Crippen LogP contribution in [-0.4, -0.2) is 47.1 Å². The molecule has 104 valence electrons. The van der Waals surface area contributed by atoms with Crippen LogP contribution in [0.2, 0.25) is 0 Å². The van der Waals surface area contributed by atoms with Gasteiger partial charge in [-0.3, -0.25) is 4.90 Å². The van der Waals surface area contributed by atoms with Crippen LogP contribution in [0.5, 0.6) is 0 Å². The maximum atomic E-state index is 5.78. The van der Waals surface area contributed by atoms with Crippen LogP contribution in [0.3, 0.4) is 0 Å². The van der Waals surface area contributed by atoms with Gasteiger partial charge in [0.2, 0.25) is 0 Å². The average molecular weight is 278 g/mol. The second-order valence-electron chi connectivity index (χ2n) is 4.85. The first-order chi connectivity index (χ1) is 9.17. The Hall–Kier alpha value is -1.20. The van der Waals surface area contributed by atoms with Crippen molar-refractivity contribution in [2.24, 2.45) is 5.73 Å². The zero-order valence-electron chi connectivity index (χ0n) is 11.7. The van der Waals surface area contributed by atoms with E-state index in [4.69, 9.17) is 18.0 Å². The molecule has 0 aromatic carbocycles. The third-order valence-corrected chi connectivity index (χ3v) is 4.06. The fraction of sp³-hybridized carbons (Fsp3) is 0.571. The highest BCUT2D eigenvalue weighted by Crippen LogP contribution is 2.24. The van der Waals surface area contributed by atoms with Gasteiger partial charge >= 0.3 is 0 Å². The van der Waals surface area contributed by atoms with Gasteiger partial charge < -0.3 is 10.6 Å². The van der Waals surface area contributed by atoms with Gasteiger partial charge in [0.05, 0.1) is 5.56 Å². The number of hydrogen-bond acceptors (Lipinski definition) is 4. The molecule has 19 heavy (non-hydrogen) atoms. The molecule has 0 bridgehead atoms. The summed E-state index contributed by atoms with van der Waals surface area (Å²) in [5.41, 5.74) is 6.67. The van der Waals surface area contributed by atoms with E-state index < -0.39 is 0 Å². The highest BCUT2D eigenvalue weighted by Gasteiger charge is 2.28. The van der Waals surface area contributed by atoms with Crippen LogP contribution in [0, 0.1) is 0 Å². The van der Waals surface area contributed by atoms with E-state index >= 15 is 0 Å². The molecule has 1 unspecified atom stereocenters. The lowest BCUT2D eigenvalue weighted by atomic mass is 10.2. The first-order valence-electron chi connectivity index (χ1n) is 6.91. The molecule has 2 N–H and O–H groups in total. The topological polar surface area (TPSA) is 45.4 Å². The van der Waals surface area contributed by atoms with E-state index in [1.807, 2.05) is 18.3 Å². The number of nitrogens with zero attached hydrogens (tertiary/aromatic N) is 3. The fourth-order valence-electron chi connectivity index (χ4n) is 2.81. The Morgan fingerprint density at radius 3 is 2.89 bits per heavy atom. The number of nitrogens with two attached hydrogens (primary N) is 1. The summed E-state index contributed by atoms with van der Waals surface area (Å²) in [6.07, 6.45) is 2.98. The predicted octanol–water partition coefficient (Wildman–Crippen LogP) is 1.64. The fourth-order valence-corrected chi connectivity index (χ4v) is 2.97. The lowest BCUT2D eigenvalue weighted by Gasteiger charge is -2.26. The Morgan fingerprint density at radius 2 is 2.26 bits per heavy atom. The molecular weight excluding hydrogens is 256 g/mol. The van der Waals surface area contributed by atoms with Gasteiger partial charge in [-0.25, -0.2) is 4.98 Å². The first-order valence-corrected chi connectivity index (χ1v) is 7.32. The van der Waals surface area contributed by atoms with E-state index in [1.165, 1.54) is 6.42 Å². The molecule has 1 fully saturated rings. The standard InChI is InChI=1S/C14H22N4S/c1-3-17(4-2)11-7-9-18(10-11)14-12(13(15)19)6-5-8-16-14/h5-6,8,11H,3-4,7,9-10H2,1-2H3,(H2,15,19). The van der Waals surface area contributed by atoms with E-state index in [0.29, 0.717) is 11.0 Å². The van der Waals surface area contributed by atoms with E-state index in [9.17, 15) is 0 Å².